The van der Waals surface area contributed by atoms with Gasteiger partial charge in [0.2, 0.25) is 5.78 Å². The lowest BCUT2D eigenvalue weighted by atomic mass is 10.0. The van der Waals surface area contributed by atoms with E-state index in [2.05, 4.69) is 4.98 Å². The van der Waals surface area contributed by atoms with Crippen molar-refractivity contribution in [2.24, 2.45) is 0 Å². The maximum atomic E-state index is 12.7. The lowest BCUT2D eigenvalue weighted by Gasteiger charge is -2.12. The van der Waals surface area contributed by atoms with Crippen molar-refractivity contribution in [3.63, 3.8) is 0 Å². The van der Waals surface area contributed by atoms with Crippen LogP contribution in [-0.4, -0.2) is 27.9 Å². The van der Waals surface area contributed by atoms with Crippen molar-refractivity contribution >= 4 is 22.7 Å². The zero-order valence-corrected chi connectivity index (χ0v) is 13.4. The predicted octanol–water partition coefficient (Wildman–Crippen LogP) is 3.61. The topological polar surface area (TPSA) is 79.4 Å². The molecule has 3 rings (SSSR count). The number of aromatic hydroxyl groups is 1. The smallest absolute Gasteiger partial charge is 0.338 e. The summed E-state index contributed by atoms with van der Waals surface area (Å²) in [6.07, 6.45) is -0.913. The zero-order valence-electron chi connectivity index (χ0n) is 13.4. The van der Waals surface area contributed by atoms with Gasteiger partial charge >= 0.3 is 5.97 Å². The minimum absolute atomic E-state index is 0.0603. The van der Waals surface area contributed by atoms with Gasteiger partial charge in [-0.15, -0.1) is 0 Å². The van der Waals surface area contributed by atoms with Gasteiger partial charge in [0.15, 0.2) is 6.10 Å². The molecule has 1 atom stereocenters. The Labute approximate surface area is 138 Å². The minimum atomic E-state index is -0.913. The maximum Gasteiger partial charge on any atom is 0.338 e. The highest BCUT2D eigenvalue weighted by atomic mass is 16.5. The van der Waals surface area contributed by atoms with Gasteiger partial charge in [0, 0.05) is 22.2 Å². The molecule has 0 aliphatic heterocycles. The summed E-state index contributed by atoms with van der Waals surface area (Å²) in [5, 5.41) is 10.1. The normalized spacial score (nSPS) is 12.1. The molecule has 2 aromatic carbocycles. The van der Waals surface area contributed by atoms with E-state index < -0.39 is 12.1 Å². The number of phenols is 1. The molecule has 122 valence electrons. The summed E-state index contributed by atoms with van der Waals surface area (Å²) < 4.78 is 5.28. The Morgan fingerprint density at radius 1 is 1.08 bits per heavy atom. The average molecular weight is 323 g/mol. The van der Waals surface area contributed by atoms with Gasteiger partial charge in [0.1, 0.15) is 5.75 Å². The van der Waals surface area contributed by atoms with Crippen molar-refractivity contribution in [3.05, 3.63) is 65.4 Å². The third-order valence-electron chi connectivity index (χ3n) is 3.90. The molecule has 24 heavy (non-hydrogen) atoms. The molecular weight excluding hydrogens is 306 g/mol. The lowest BCUT2D eigenvalue weighted by molar-refractivity contribution is 0.0319. The van der Waals surface area contributed by atoms with Crippen LogP contribution < -0.4 is 0 Å². The summed E-state index contributed by atoms with van der Waals surface area (Å²) in [5.74, 6) is -0.796. The number of para-hydroxylation sites is 1. The van der Waals surface area contributed by atoms with Crippen LogP contribution in [0.25, 0.3) is 10.9 Å². The number of aryl methyl sites for hydroxylation is 1. The predicted molar refractivity (Wildman–Crippen MR) is 90.4 cm³/mol. The van der Waals surface area contributed by atoms with Crippen LogP contribution in [0.5, 0.6) is 5.75 Å². The Kier molecular flexibility index (Phi) is 4.08. The van der Waals surface area contributed by atoms with Gasteiger partial charge in [0.05, 0.1) is 5.56 Å². The fourth-order valence-corrected chi connectivity index (χ4v) is 2.68. The molecule has 0 amide bonds. The Bertz CT molecular complexity index is 909. The van der Waals surface area contributed by atoms with Crippen molar-refractivity contribution in [1.82, 2.24) is 4.98 Å². The van der Waals surface area contributed by atoms with Crippen molar-refractivity contribution in [2.75, 3.05) is 0 Å². The number of carbonyl (C=O) groups excluding carboxylic acids is 2. The number of ketones is 1. The number of hydrogen-bond donors (Lipinski definition) is 2. The Balaban J connectivity index is 1.82. The van der Waals surface area contributed by atoms with Gasteiger partial charge in [-0.25, -0.2) is 4.79 Å². The van der Waals surface area contributed by atoms with Crippen molar-refractivity contribution in [1.29, 1.82) is 0 Å². The second kappa shape index (κ2) is 6.20. The van der Waals surface area contributed by atoms with E-state index in [-0.39, 0.29) is 17.1 Å². The third kappa shape index (κ3) is 2.88. The molecule has 0 aliphatic carbocycles. The Morgan fingerprint density at radius 3 is 2.46 bits per heavy atom. The summed E-state index contributed by atoms with van der Waals surface area (Å²) in [6.45, 7) is 3.38. The monoisotopic (exact) mass is 323 g/mol. The molecule has 0 bridgehead atoms. The number of esters is 1. The highest BCUT2D eigenvalue weighted by Crippen LogP contribution is 2.24. The van der Waals surface area contributed by atoms with Crippen molar-refractivity contribution in [3.8, 4) is 5.75 Å². The van der Waals surface area contributed by atoms with E-state index >= 15 is 0 Å². The highest BCUT2D eigenvalue weighted by Gasteiger charge is 2.24. The number of fused-ring (bicyclic) bond motifs is 1. The first-order valence-electron chi connectivity index (χ1n) is 7.59. The summed E-state index contributed by atoms with van der Waals surface area (Å²) in [6, 6.07) is 13.2. The van der Waals surface area contributed by atoms with Crippen LogP contribution in [0.15, 0.2) is 48.5 Å². The lowest BCUT2D eigenvalue weighted by Crippen LogP contribution is -2.24. The SMILES string of the molecule is Cc1[nH]c2ccccc2c1C(=O)[C@@H](C)OC(=O)c1ccc(O)cc1. The van der Waals surface area contributed by atoms with Crippen LogP contribution in [0, 0.1) is 6.92 Å². The number of rotatable bonds is 4. The summed E-state index contributed by atoms with van der Waals surface area (Å²) in [4.78, 5) is 28.0. The van der Waals surface area contributed by atoms with Crippen LogP contribution in [0.3, 0.4) is 0 Å². The second-order valence-electron chi connectivity index (χ2n) is 5.63. The number of carbonyl (C=O) groups is 2. The van der Waals surface area contributed by atoms with E-state index in [1.54, 1.807) is 6.92 Å². The standard InChI is InChI=1S/C19H17NO4/c1-11-17(15-5-3-4-6-16(15)20-11)18(22)12(2)24-19(23)13-7-9-14(21)10-8-13/h3-10,12,20-21H,1-2H3/t12-/m1/s1. The third-order valence-corrected chi connectivity index (χ3v) is 3.90. The number of Topliss-reactive ketones (excluding diaryl/α,β-unsaturated/α-hetero) is 1. The first kappa shape index (κ1) is 15.8. The van der Waals surface area contributed by atoms with Gasteiger partial charge < -0.3 is 14.8 Å². The molecule has 2 N–H and O–H groups in total. The van der Waals surface area contributed by atoms with Gasteiger partial charge in [0.25, 0.3) is 0 Å². The van der Waals surface area contributed by atoms with Crippen LogP contribution in [0.1, 0.15) is 33.3 Å². The molecule has 0 spiro atoms. The number of benzene rings is 2. The van der Waals surface area contributed by atoms with E-state index in [1.165, 1.54) is 24.3 Å². The number of hydrogen-bond acceptors (Lipinski definition) is 4. The molecule has 0 saturated heterocycles. The molecule has 0 fully saturated rings. The molecule has 1 aromatic heterocycles. The first-order valence-corrected chi connectivity index (χ1v) is 7.59. The highest BCUT2D eigenvalue weighted by molar-refractivity contribution is 6.11. The van der Waals surface area contributed by atoms with Crippen LogP contribution in [-0.2, 0) is 4.74 Å². The fourth-order valence-electron chi connectivity index (χ4n) is 2.68. The molecule has 5 nitrogen and oxygen atoms in total. The second-order valence-corrected chi connectivity index (χ2v) is 5.63. The molecular formula is C19H17NO4. The molecule has 0 unspecified atom stereocenters. The zero-order chi connectivity index (χ0) is 17.3. The van der Waals surface area contributed by atoms with E-state index in [9.17, 15) is 14.7 Å². The van der Waals surface area contributed by atoms with Crippen molar-refractivity contribution < 1.29 is 19.4 Å². The minimum Gasteiger partial charge on any atom is -0.508 e. The van der Waals surface area contributed by atoms with Gasteiger partial charge in [-0.2, -0.15) is 0 Å². The van der Waals surface area contributed by atoms with Crippen LogP contribution in [0.2, 0.25) is 0 Å². The number of ether oxygens (including phenoxy) is 1. The first-order chi connectivity index (χ1) is 11.5. The van der Waals surface area contributed by atoms with Gasteiger partial charge in [-0.1, -0.05) is 18.2 Å². The number of aromatic amines is 1. The molecule has 1 heterocycles. The number of phenolic OH excluding ortho intramolecular Hbond substituents is 1. The van der Waals surface area contributed by atoms with Gasteiger partial charge in [-0.05, 0) is 44.2 Å². The number of H-pyrrole nitrogens is 1. The molecule has 0 aliphatic rings. The number of nitrogens with one attached hydrogen (secondary N) is 1. The Hall–Kier alpha value is -3.08. The Morgan fingerprint density at radius 2 is 1.75 bits per heavy atom. The van der Waals surface area contributed by atoms with E-state index in [0.29, 0.717) is 5.56 Å². The van der Waals surface area contributed by atoms with Crippen LogP contribution >= 0.6 is 0 Å². The molecule has 5 heteroatoms. The molecule has 0 radical (unpaired) electrons. The van der Waals surface area contributed by atoms with E-state index in [0.717, 1.165) is 16.6 Å². The van der Waals surface area contributed by atoms with Crippen molar-refractivity contribution in [2.45, 2.75) is 20.0 Å². The fraction of sp³-hybridized carbons (Fsp3) is 0.158. The number of aromatic nitrogens is 1. The molecule has 0 saturated carbocycles. The summed E-state index contributed by atoms with van der Waals surface area (Å²) >= 11 is 0. The summed E-state index contributed by atoms with van der Waals surface area (Å²) in [5.41, 5.74) is 2.43. The maximum absolute atomic E-state index is 12.7. The van der Waals surface area contributed by atoms with E-state index in [4.69, 9.17) is 4.74 Å². The quantitative estimate of drug-likeness (QED) is 0.568. The molecule has 3 aromatic rings. The largest absolute Gasteiger partial charge is 0.508 e. The van der Waals surface area contributed by atoms with E-state index in [1.807, 2.05) is 31.2 Å². The summed E-state index contributed by atoms with van der Waals surface area (Å²) in [7, 11) is 0. The average Bonchev–Trinajstić information content (AvgIpc) is 2.90. The van der Waals surface area contributed by atoms with Gasteiger partial charge in [-0.3, -0.25) is 4.79 Å². The van der Waals surface area contributed by atoms with Crippen LogP contribution in [0.4, 0.5) is 0 Å².